The van der Waals surface area contributed by atoms with E-state index in [0.717, 1.165) is 55.4 Å². The van der Waals surface area contributed by atoms with Crippen LogP contribution in [-0.4, -0.2) is 45.0 Å². The van der Waals surface area contributed by atoms with Crippen LogP contribution in [0.1, 0.15) is 37.8 Å². The molecule has 6 nitrogen and oxygen atoms in total. The molecular formula is C19H29N3O3. The second kappa shape index (κ2) is 8.43. The van der Waals surface area contributed by atoms with Crippen molar-refractivity contribution in [3.8, 4) is 11.5 Å². The number of guanidine groups is 1. The van der Waals surface area contributed by atoms with Crippen molar-refractivity contribution in [3.63, 3.8) is 0 Å². The number of nitrogens with zero attached hydrogens (tertiary/aromatic N) is 1. The van der Waals surface area contributed by atoms with E-state index >= 15 is 0 Å². The topological polar surface area (TPSA) is 64.1 Å². The third-order valence-corrected chi connectivity index (χ3v) is 4.57. The molecule has 2 aliphatic rings. The van der Waals surface area contributed by atoms with Crippen molar-refractivity contribution in [2.75, 3.05) is 26.8 Å². The van der Waals surface area contributed by atoms with Crippen LogP contribution >= 0.6 is 0 Å². The van der Waals surface area contributed by atoms with Gasteiger partial charge in [0.25, 0.3) is 0 Å². The van der Waals surface area contributed by atoms with E-state index in [1.807, 2.05) is 6.92 Å². The van der Waals surface area contributed by atoms with Gasteiger partial charge in [-0.1, -0.05) is 0 Å². The number of fused-ring (bicyclic) bond motifs is 1. The highest BCUT2D eigenvalue weighted by Gasteiger charge is 2.22. The fourth-order valence-electron chi connectivity index (χ4n) is 3.32. The van der Waals surface area contributed by atoms with Crippen LogP contribution in [-0.2, 0) is 17.7 Å². The third-order valence-electron chi connectivity index (χ3n) is 4.57. The van der Waals surface area contributed by atoms with Crippen molar-refractivity contribution in [3.05, 3.63) is 23.3 Å². The van der Waals surface area contributed by atoms with Crippen LogP contribution in [0.4, 0.5) is 0 Å². The number of ether oxygens (including phenoxy) is 3. The highest BCUT2D eigenvalue weighted by atomic mass is 16.5. The summed E-state index contributed by atoms with van der Waals surface area (Å²) >= 11 is 0. The molecule has 0 saturated carbocycles. The van der Waals surface area contributed by atoms with Gasteiger partial charge < -0.3 is 24.8 Å². The minimum Gasteiger partial charge on any atom is -0.494 e. The molecule has 1 aromatic carbocycles. The first-order chi connectivity index (χ1) is 12.2. The smallest absolute Gasteiger partial charge is 0.191 e. The molecule has 1 saturated heterocycles. The molecule has 6 heteroatoms. The minimum atomic E-state index is 0.230. The van der Waals surface area contributed by atoms with Gasteiger partial charge in [-0.15, -0.1) is 0 Å². The molecule has 2 atom stereocenters. The molecule has 25 heavy (non-hydrogen) atoms. The lowest BCUT2D eigenvalue weighted by Gasteiger charge is -2.17. The first-order valence-corrected chi connectivity index (χ1v) is 9.21. The van der Waals surface area contributed by atoms with Crippen molar-refractivity contribution in [2.45, 2.75) is 51.9 Å². The third kappa shape index (κ3) is 4.57. The van der Waals surface area contributed by atoms with Gasteiger partial charge >= 0.3 is 0 Å². The second-order valence-corrected chi connectivity index (χ2v) is 6.57. The molecule has 1 aromatic rings. The van der Waals surface area contributed by atoms with E-state index in [0.29, 0.717) is 13.2 Å². The van der Waals surface area contributed by atoms with Gasteiger partial charge in [0.15, 0.2) is 5.96 Å². The Morgan fingerprint density at radius 2 is 2.24 bits per heavy atom. The Bertz CT molecular complexity index is 612. The fraction of sp³-hybridized carbons (Fsp3) is 0.632. The lowest BCUT2D eigenvalue weighted by molar-refractivity contribution is 0.114. The Balaban J connectivity index is 1.61. The number of hydrogen-bond donors (Lipinski definition) is 2. The Morgan fingerprint density at radius 3 is 2.96 bits per heavy atom. The first-order valence-electron chi connectivity index (χ1n) is 9.21. The molecule has 2 unspecified atom stereocenters. The predicted molar refractivity (Wildman–Crippen MR) is 98.6 cm³/mol. The largest absolute Gasteiger partial charge is 0.494 e. The molecule has 0 bridgehead atoms. The van der Waals surface area contributed by atoms with E-state index in [9.17, 15) is 0 Å². The van der Waals surface area contributed by atoms with Gasteiger partial charge in [-0.05, 0) is 38.8 Å². The summed E-state index contributed by atoms with van der Waals surface area (Å²) in [5, 5.41) is 6.69. The lowest BCUT2D eigenvalue weighted by Crippen LogP contribution is -2.40. The summed E-state index contributed by atoms with van der Waals surface area (Å²) in [7, 11) is 1.78. The van der Waals surface area contributed by atoms with E-state index in [4.69, 9.17) is 14.2 Å². The zero-order valence-corrected chi connectivity index (χ0v) is 15.4. The number of hydrogen-bond acceptors (Lipinski definition) is 4. The number of benzene rings is 1. The molecule has 0 aliphatic carbocycles. The predicted octanol–water partition coefficient (Wildman–Crippen LogP) is 2.25. The molecule has 0 radical (unpaired) electrons. The van der Waals surface area contributed by atoms with Gasteiger partial charge in [0.2, 0.25) is 0 Å². The molecule has 138 valence electrons. The minimum absolute atomic E-state index is 0.230. The van der Waals surface area contributed by atoms with Crippen LogP contribution in [0.3, 0.4) is 0 Å². The van der Waals surface area contributed by atoms with E-state index in [2.05, 4.69) is 34.7 Å². The summed E-state index contributed by atoms with van der Waals surface area (Å²) in [5.74, 6) is 2.66. The Labute approximate surface area is 149 Å². The van der Waals surface area contributed by atoms with Crippen LogP contribution in [0.15, 0.2) is 17.1 Å². The molecule has 2 N–H and O–H groups in total. The molecule has 0 aromatic heterocycles. The zero-order chi connectivity index (χ0) is 17.6. The normalized spacial score (nSPS) is 22.4. The summed E-state index contributed by atoms with van der Waals surface area (Å²) in [6.07, 6.45) is 3.71. The molecular weight excluding hydrogens is 318 g/mol. The van der Waals surface area contributed by atoms with Gasteiger partial charge in [-0.2, -0.15) is 0 Å². The number of nitrogens with one attached hydrogen (secondary N) is 2. The molecule has 3 rings (SSSR count). The van der Waals surface area contributed by atoms with Crippen LogP contribution in [0.2, 0.25) is 0 Å². The molecule has 0 amide bonds. The molecule has 2 heterocycles. The summed E-state index contributed by atoms with van der Waals surface area (Å²) in [4.78, 5) is 4.29. The average Bonchev–Trinajstić information content (AvgIpc) is 3.23. The van der Waals surface area contributed by atoms with Crippen LogP contribution in [0.5, 0.6) is 11.5 Å². The van der Waals surface area contributed by atoms with Gasteiger partial charge in [0, 0.05) is 44.3 Å². The van der Waals surface area contributed by atoms with E-state index < -0.39 is 0 Å². The van der Waals surface area contributed by atoms with E-state index in [1.165, 1.54) is 5.56 Å². The summed E-state index contributed by atoms with van der Waals surface area (Å²) in [5.41, 5.74) is 2.30. The Kier molecular flexibility index (Phi) is 6.02. The lowest BCUT2D eigenvalue weighted by atomic mass is 10.1. The standard InChI is InChI=1S/C19H29N3O3/c1-4-23-17-9-14-8-13(2)25-18(14)10-15(17)11-21-19(20-3)22-12-16-6-5-7-24-16/h9-10,13,16H,4-8,11-12H2,1-3H3,(H2,20,21,22). The van der Waals surface area contributed by atoms with Crippen molar-refractivity contribution >= 4 is 5.96 Å². The van der Waals surface area contributed by atoms with E-state index in [-0.39, 0.29) is 12.2 Å². The average molecular weight is 347 g/mol. The number of aliphatic imine (C=N–C) groups is 1. The maximum atomic E-state index is 5.88. The first kappa shape index (κ1) is 17.9. The SMILES string of the molecule is CCOc1cc2c(cc1CNC(=NC)NCC1CCCO1)OC(C)C2. The quantitative estimate of drug-likeness (QED) is 0.610. The van der Waals surface area contributed by atoms with Gasteiger partial charge in [0.1, 0.15) is 17.6 Å². The summed E-state index contributed by atoms with van der Waals surface area (Å²) in [6, 6.07) is 4.20. The second-order valence-electron chi connectivity index (χ2n) is 6.57. The molecule has 0 spiro atoms. The maximum Gasteiger partial charge on any atom is 0.191 e. The van der Waals surface area contributed by atoms with Gasteiger partial charge in [0.05, 0.1) is 12.7 Å². The van der Waals surface area contributed by atoms with Crippen LogP contribution in [0.25, 0.3) is 0 Å². The highest BCUT2D eigenvalue weighted by Crippen LogP contribution is 2.35. The van der Waals surface area contributed by atoms with Gasteiger partial charge in [-0.25, -0.2) is 0 Å². The maximum absolute atomic E-state index is 5.88. The number of rotatable bonds is 6. The fourth-order valence-corrected chi connectivity index (χ4v) is 3.32. The summed E-state index contributed by atoms with van der Waals surface area (Å²) in [6.45, 7) is 7.02. The summed E-state index contributed by atoms with van der Waals surface area (Å²) < 4.78 is 17.4. The van der Waals surface area contributed by atoms with Crippen molar-refractivity contribution in [1.82, 2.24) is 10.6 Å². The van der Waals surface area contributed by atoms with Crippen molar-refractivity contribution in [1.29, 1.82) is 0 Å². The molecule has 2 aliphatic heterocycles. The van der Waals surface area contributed by atoms with Crippen LogP contribution < -0.4 is 20.1 Å². The van der Waals surface area contributed by atoms with Crippen LogP contribution in [0, 0.1) is 0 Å². The highest BCUT2D eigenvalue weighted by molar-refractivity contribution is 5.79. The molecule has 1 fully saturated rings. The zero-order valence-electron chi connectivity index (χ0n) is 15.4. The Hall–Kier alpha value is -1.95. The van der Waals surface area contributed by atoms with Crippen molar-refractivity contribution < 1.29 is 14.2 Å². The monoisotopic (exact) mass is 347 g/mol. The van der Waals surface area contributed by atoms with Crippen molar-refractivity contribution in [2.24, 2.45) is 4.99 Å². The van der Waals surface area contributed by atoms with E-state index in [1.54, 1.807) is 7.05 Å². The van der Waals surface area contributed by atoms with Gasteiger partial charge in [-0.3, -0.25) is 4.99 Å². The Morgan fingerprint density at radius 1 is 1.36 bits per heavy atom.